The molecule has 2 aromatic rings. The Hall–Kier alpha value is -2.20. The van der Waals surface area contributed by atoms with E-state index < -0.39 is 0 Å². The first-order valence-electron chi connectivity index (χ1n) is 7.98. The van der Waals surface area contributed by atoms with Crippen molar-refractivity contribution in [1.29, 1.82) is 0 Å². The van der Waals surface area contributed by atoms with Gasteiger partial charge >= 0.3 is 0 Å². The molecule has 0 atom stereocenters. The second kappa shape index (κ2) is 8.60. The Morgan fingerprint density at radius 1 is 1.12 bits per heavy atom. The zero-order chi connectivity index (χ0) is 17.5. The molecule has 2 rings (SSSR count). The highest BCUT2D eigenvalue weighted by molar-refractivity contribution is 6.31. The Kier molecular flexibility index (Phi) is 6.50. The number of anilines is 2. The zero-order valence-corrected chi connectivity index (χ0v) is 15.0. The van der Waals surface area contributed by atoms with Crippen molar-refractivity contribution in [3.63, 3.8) is 0 Å². The average Bonchev–Trinajstić information content (AvgIpc) is 2.55. The van der Waals surface area contributed by atoms with E-state index >= 15 is 0 Å². The summed E-state index contributed by atoms with van der Waals surface area (Å²) in [5.41, 5.74) is 2.45. The first kappa shape index (κ1) is 18.1. The van der Waals surface area contributed by atoms with Crippen LogP contribution in [0.1, 0.15) is 19.4 Å². The minimum atomic E-state index is -0.144. The van der Waals surface area contributed by atoms with Crippen LogP contribution in [0.5, 0.6) is 5.75 Å². The topological polar surface area (TPSA) is 50.4 Å². The molecule has 0 heterocycles. The first-order valence-corrected chi connectivity index (χ1v) is 8.36. The smallest absolute Gasteiger partial charge is 0.243 e. The molecule has 5 heteroatoms. The number of hydrogen-bond donors (Lipinski definition) is 2. The van der Waals surface area contributed by atoms with Gasteiger partial charge < -0.3 is 15.4 Å². The molecule has 0 aliphatic carbocycles. The number of rotatable bonds is 7. The molecule has 0 saturated carbocycles. The van der Waals surface area contributed by atoms with Gasteiger partial charge in [-0.3, -0.25) is 4.79 Å². The van der Waals surface area contributed by atoms with Crippen LogP contribution in [0.25, 0.3) is 0 Å². The Bertz CT molecular complexity index is 702. The van der Waals surface area contributed by atoms with E-state index in [0.29, 0.717) is 29.0 Å². The number of ether oxygens (including phenoxy) is 1. The largest absolute Gasteiger partial charge is 0.491 e. The van der Waals surface area contributed by atoms with Crippen LogP contribution in [0.15, 0.2) is 42.5 Å². The van der Waals surface area contributed by atoms with E-state index in [2.05, 4.69) is 24.5 Å². The minimum Gasteiger partial charge on any atom is -0.491 e. The number of carbonyl (C=O) groups excluding carboxylic acids is 1. The van der Waals surface area contributed by atoms with Crippen LogP contribution in [0.3, 0.4) is 0 Å². The van der Waals surface area contributed by atoms with Gasteiger partial charge in [0.05, 0.1) is 18.8 Å². The van der Waals surface area contributed by atoms with Gasteiger partial charge in [-0.2, -0.15) is 0 Å². The standard InChI is InChI=1S/C19H23ClN2O2/c1-13(2)12-24-18-10-5-4-8-17(18)22-19(23)11-21-16-9-6-7-15(20)14(16)3/h4-10,13,21H,11-12H2,1-3H3,(H,22,23). The van der Waals surface area contributed by atoms with Gasteiger partial charge in [0, 0.05) is 10.7 Å². The van der Waals surface area contributed by atoms with Gasteiger partial charge in [0.1, 0.15) is 5.75 Å². The molecule has 0 radical (unpaired) electrons. The van der Waals surface area contributed by atoms with Crippen LogP contribution in [-0.2, 0) is 4.79 Å². The molecule has 1 amide bonds. The van der Waals surface area contributed by atoms with E-state index in [1.807, 2.05) is 49.4 Å². The van der Waals surface area contributed by atoms with Crippen LogP contribution < -0.4 is 15.4 Å². The summed E-state index contributed by atoms with van der Waals surface area (Å²) in [4.78, 5) is 12.2. The van der Waals surface area contributed by atoms with Gasteiger partial charge in [0.25, 0.3) is 0 Å². The molecule has 24 heavy (non-hydrogen) atoms. The molecule has 0 spiro atoms. The van der Waals surface area contributed by atoms with Crippen molar-refractivity contribution in [2.45, 2.75) is 20.8 Å². The minimum absolute atomic E-state index is 0.144. The van der Waals surface area contributed by atoms with E-state index in [1.54, 1.807) is 0 Å². The number of halogens is 1. The van der Waals surface area contributed by atoms with E-state index in [9.17, 15) is 4.79 Å². The number of amides is 1. The Morgan fingerprint density at radius 3 is 2.58 bits per heavy atom. The third-order valence-corrected chi connectivity index (χ3v) is 3.85. The van der Waals surface area contributed by atoms with Gasteiger partial charge in [-0.05, 0) is 42.7 Å². The van der Waals surface area contributed by atoms with Crippen molar-refractivity contribution < 1.29 is 9.53 Å². The van der Waals surface area contributed by atoms with Crippen LogP contribution >= 0.6 is 11.6 Å². The maximum atomic E-state index is 12.2. The summed E-state index contributed by atoms with van der Waals surface area (Å²) < 4.78 is 5.74. The van der Waals surface area contributed by atoms with Gasteiger partial charge in [-0.1, -0.05) is 43.6 Å². The molecule has 0 saturated heterocycles. The molecule has 128 valence electrons. The highest BCUT2D eigenvalue weighted by atomic mass is 35.5. The van der Waals surface area contributed by atoms with Gasteiger partial charge in [-0.15, -0.1) is 0 Å². The van der Waals surface area contributed by atoms with E-state index in [1.165, 1.54) is 0 Å². The number of carbonyl (C=O) groups is 1. The van der Waals surface area contributed by atoms with Crippen molar-refractivity contribution in [2.24, 2.45) is 5.92 Å². The Balaban J connectivity index is 1.96. The lowest BCUT2D eigenvalue weighted by Gasteiger charge is -2.15. The third kappa shape index (κ3) is 5.17. The van der Waals surface area contributed by atoms with E-state index in [-0.39, 0.29) is 12.5 Å². The second-order valence-electron chi connectivity index (χ2n) is 6.02. The number of nitrogens with one attached hydrogen (secondary N) is 2. The lowest BCUT2D eigenvalue weighted by molar-refractivity contribution is -0.114. The summed E-state index contributed by atoms with van der Waals surface area (Å²) in [6, 6.07) is 13.0. The fourth-order valence-corrected chi connectivity index (χ4v) is 2.30. The highest BCUT2D eigenvalue weighted by Crippen LogP contribution is 2.25. The molecule has 2 N–H and O–H groups in total. The van der Waals surface area contributed by atoms with Crippen LogP contribution in [0.4, 0.5) is 11.4 Å². The summed E-state index contributed by atoms with van der Waals surface area (Å²) in [6.07, 6.45) is 0. The van der Waals surface area contributed by atoms with Crippen molar-refractivity contribution in [1.82, 2.24) is 0 Å². The van der Waals surface area contributed by atoms with Crippen LogP contribution in [0, 0.1) is 12.8 Å². The lowest BCUT2D eigenvalue weighted by atomic mass is 10.2. The predicted molar refractivity (Wildman–Crippen MR) is 100 cm³/mol. The van der Waals surface area contributed by atoms with E-state index in [4.69, 9.17) is 16.3 Å². The number of benzene rings is 2. The molecule has 0 unspecified atom stereocenters. The molecule has 0 aliphatic heterocycles. The summed E-state index contributed by atoms with van der Waals surface area (Å²) in [7, 11) is 0. The zero-order valence-electron chi connectivity index (χ0n) is 14.2. The maximum Gasteiger partial charge on any atom is 0.243 e. The Morgan fingerprint density at radius 2 is 1.83 bits per heavy atom. The first-order chi connectivity index (χ1) is 11.5. The summed E-state index contributed by atoms with van der Waals surface area (Å²) in [6.45, 7) is 6.83. The monoisotopic (exact) mass is 346 g/mol. The van der Waals surface area contributed by atoms with Gasteiger partial charge in [-0.25, -0.2) is 0 Å². The third-order valence-electron chi connectivity index (χ3n) is 3.44. The van der Waals surface area contributed by atoms with Crippen molar-refractivity contribution in [3.8, 4) is 5.75 Å². The molecule has 0 aromatic heterocycles. The quantitative estimate of drug-likeness (QED) is 0.761. The molecular weight excluding hydrogens is 324 g/mol. The molecule has 2 aromatic carbocycles. The molecule has 4 nitrogen and oxygen atoms in total. The molecule has 0 bridgehead atoms. The molecular formula is C19H23ClN2O2. The summed E-state index contributed by atoms with van der Waals surface area (Å²) in [5, 5.41) is 6.66. The summed E-state index contributed by atoms with van der Waals surface area (Å²) in [5.74, 6) is 0.953. The lowest BCUT2D eigenvalue weighted by Crippen LogP contribution is -2.22. The number of hydrogen-bond acceptors (Lipinski definition) is 3. The second-order valence-corrected chi connectivity index (χ2v) is 6.42. The van der Waals surface area contributed by atoms with E-state index in [0.717, 1.165) is 11.3 Å². The van der Waals surface area contributed by atoms with Gasteiger partial charge in [0.2, 0.25) is 5.91 Å². The van der Waals surface area contributed by atoms with Crippen molar-refractivity contribution in [2.75, 3.05) is 23.8 Å². The highest BCUT2D eigenvalue weighted by Gasteiger charge is 2.09. The van der Waals surface area contributed by atoms with Crippen molar-refractivity contribution >= 4 is 28.9 Å². The normalized spacial score (nSPS) is 10.5. The number of para-hydroxylation sites is 2. The maximum absolute atomic E-state index is 12.2. The SMILES string of the molecule is Cc1c(Cl)cccc1NCC(=O)Nc1ccccc1OCC(C)C. The molecule has 0 aliphatic rings. The van der Waals surface area contributed by atoms with Crippen molar-refractivity contribution in [3.05, 3.63) is 53.1 Å². The molecule has 0 fully saturated rings. The summed E-state index contributed by atoms with van der Waals surface area (Å²) >= 11 is 6.08. The van der Waals surface area contributed by atoms with Gasteiger partial charge in [0.15, 0.2) is 0 Å². The fourth-order valence-electron chi connectivity index (χ4n) is 2.12. The van der Waals surface area contributed by atoms with Crippen LogP contribution in [0.2, 0.25) is 5.02 Å². The fraction of sp³-hybridized carbons (Fsp3) is 0.316. The van der Waals surface area contributed by atoms with Crippen LogP contribution in [-0.4, -0.2) is 19.1 Å². The Labute approximate surface area is 148 Å². The average molecular weight is 347 g/mol. The predicted octanol–water partition coefficient (Wildman–Crippen LogP) is 4.73.